The van der Waals surface area contributed by atoms with Crippen molar-refractivity contribution < 1.29 is 4.42 Å². The zero-order valence-corrected chi connectivity index (χ0v) is 14.4. The van der Waals surface area contributed by atoms with Crippen molar-refractivity contribution in [2.45, 2.75) is 0 Å². The molecule has 2 heteroatoms. The molecule has 0 amide bonds. The molecule has 0 fully saturated rings. The van der Waals surface area contributed by atoms with Crippen molar-refractivity contribution in [1.82, 2.24) is 0 Å². The average Bonchev–Trinajstić information content (AvgIpc) is 2.96. The van der Waals surface area contributed by atoms with Gasteiger partial charge in [-0.3, -0.25) is 0 Å². The second kappa shape index (κ2) is 5.22. The summed E-state index contributed by atoms with van der Waals surface area (Å²) in [5, 5.41) is 4.77. The third-order valence-electron chi connectivity index (χ3n) is 4.50. The van der Waals surface area contributed by atoms with Crippen LogP contribution >= 0.6 is 15.9 Å². The summed E-state index contributed by atoms with van der Waals surface area (Å²) in [6, 6.07) is 27.5. The first-order valence-corrected chi connectivity index (χ1v) is 8.68. The molecule has 24 heavy (non-hydrogen) atoms. The maximum Gasteiger partial charge on any atom is 0.136 e. The Morgan fingerprint density at radius 3 is 2.17 bits per heavy atom. The van der Waals surface area contributed by atoms with E-state index in [4.69, 9.17) is 4.42 Å². The largest absolute Gasteiger partial charge is 0.456 e. The van der Waals surface area contributed by atoms with E-state index in [-0.39, 0.29) is 0 Å². The SMILES string of the molecule is Brc1cccc(-c2ccc3oc4cc5ccccc5cc4c3c2)c1. The Hall–Kier alpha value is -2.58. The van der Waals surface area contributed by atoms with Crippen LogP contribution in [0, 0.1) is 0 Å². The van der Waals surface area contributed by atoms with Crippen LogP contribution in [0.5, 0.6) is 0 Å². The van der Waals surface area contributed by atoms with Gasteiger partial charge in [-0.05, 0) is 58.3 Å². The van der Waals surface area contributed by atoms with Crippen molar-refractivity contribution in [3.63, 3.8) is 0 Å². The van der Waals surface area contributed by atoms with Crippen LogP contribution in [-0.4, -0.2) is 0 Å². The number of furan rings is 1. The highest BCUT2D eigenvalue weighted by atomic mass is 79.9. The molecule has 4 aromatic carbocycles. The summed E-state index contributed by atoms with van der Waals surface area (Å²) in [6.45, 7) is 0. The van der Waals surface area contributed by atoms with Crippen molar-refractivity contribution >= 4 is 48.6 Å². The Labute approximate surface area is 147 Å². The summed E-state index contributed by atoms with van der Waals surface area (Å²) in [6.07, 6.45) is 0. The first-order valence-electron chi connectivity index (χ1n) is 7.89. The Morgan fingerprint density at radius 2 is 1.33 bits per heavy atom. The minimum atomic E-state index is 0.930. The average molecular weight is 373 g/mol. The van der Waals surface area contributed by atoms with Crippen LogP contribution in [0.15, 0.2) is 87.8 Å². The van der Waals surface area contributed by atoms with E-state index in [0.717, 1.165) is 21.0 Å². The highest BCUT2D eigenvalue weighted by molar-refractivity contribution is 9.10. The molecule has 114 valence electrons. The fraction of sp³-hybridized carbons (Fsp3) is 0. The Morgan fingerprint density at radius 1 is 0.583 bits per heavy atom. The number of rotatable bonds is 1. The van der Waals surface area contributed by atoms with Crippen molar-refractivity contribution in [3.8, 4) is 11.1 Å². The van der Waals surface area contributed by atoms with Gasteiger partial charge in [0, 0.05) is 15.2 Å². The number of hydrogen-bond acceptors (Lipinski definition) is 1. The predicted octanol–water partition coefficient (Wildman–Crippen LogP) is 7.17. The minimum absolute atomic E-state index is 0.930. The quantitative estimate of drug-likeness (QED) is 0.304. The molecule has 0 atom stereocenters. The molecule has 0 bridgehead atoms. The van der Waals surface area contributed by atoms with Crippen LogP contribution in [0.2, 0.25) is 0 Å². The van der Waals surface area contributed by atoms with Gasteiger partial charge in [0.1, 0.15) is 11.2 Å². The lowest BCUT2D eigenvalue weighted by Gasteiger charge is -2.02. The monoisotopic (exact) mass is 372 g/mol. The molecular weight excluding hydrogens is 360 g/mol. The predicted molar refractivity (Wildman–Crippen MR) is 104 cm³/mol. The van der Waals surface area contributed by atoms with Crippen molar-refractivity contribution in [1.29, 1.82) is 0 Å². The molecule has 0 unspecified atom stereocenters. The van der Waals surface area contributed by atoms with Crippen LogP contribution < -0.4 is 0 Å². The molecule has 1 nitrogen and oxygen atoms in total. The molecule has 0 aliphatic carbocycles. The first kappa shape index (κ1) is 13.8. The first-order chi connectivity index (χ1) is 11.8. The number of halogens is 1. The maximum absolute atomic E-state index is 6.07. The third kappa shape index (κ3) is 2.15. The van der Waals surface area contributed by atoms with E-state index in [1.807, 2.05) is 6.07 Å². The van der Waals surface area contributed by atoms with E-state index in [0.29, 0.717) is 0 Å². The molecule has 0 spiro atoms. The summed E-state index contributed by atoms with van der Waals surface area (Å²) >= 11 is 3.55. The molecule has 0 aliphatic rings. The van der Waals surface area contributed by atoms with Crippen LogP contribution in [0.1, 0.15) is 0 Å². The lowest BCUT2D eigenvalue weighted by atomic mass is 10.0. The molecule has 5 aromatic rings. The standard InChI is InChI=1S/C22H13BrO/c23-18-7-3-6-14(10-18)17-8-9-21-19(12-17)20-11-15-4-1-2-5-16(15)13-22(20)24-21/h1-13H. The Balaban J connectivity index is 1.81. The molecular formula is C22H13BrO. The molecule has 5 rings (SSSR count). The van der Waals surface area contributed by atoms with Crippen LogP contribution in [0.3, 0.4) is 0 Å². The van der Waals surface area contributed by atoms with Gasteiger partial charge in [-0.25, -0.2) is 0 Å². The minimum Gasteiger partial charge on any atom is -0.456 e. The second-order valence-electron chi connectivity index (χ2n) is 6.02. The molecule has 0 saturated heterocycles. The van der Waals surface area contributed by atoms with Crippen molar-refractivity contribution in [2.75, 3.05) is 0 Å². The van der Waals surface area contributed by atoms with Gasteiger partial charge in [-0.1, -0.05) is 58.4 Å². The van der Waals surface area contributed by atoms with E-state index in [2.05, 4.69) is 88.7 Å². The number of hydrogen-bond donors (Lipinski definition) is 0. The van der Waals surface area contributed by atoms with Gasteiger partial charge < -0.3 is 4.42 Å². The molecule has 0 aliphatic heterocycles. The van der Waals surface area contributed by atoms with Gasteiger partial charge >= 0.3 is 0 Å². The summed E-state index contributed by atoms with van der Waals surface area (Å²) in [5.74, 6) is 0. The lowest BCUT2D eigenvalue weighted by Crippen LogP contribution is -1.78. The summed E-state index contributed by atoms with van der Waals surface area (Å²) < 4.78 is 7.15. The van der Waals surface area contributed by atoms with E-state index in [1.165, 1.54) is 27.3 Å². The van der Waals surface area contributed by atoms with Crippen LogP contribution in [0.4, 0.5) is 0 Å². The van der Waals surface area contributed by atoms with Crippen LogP contribution in [-0.2, 0) is 0 Å². The number of benzene rings is 4. The van der Waals surface area contributed by atoms with Gasteiger partial charge in [0.2, 0.25) is 0 Å². The Kier molecular flexibility index (Phi) is 3.00. The topological polar surface area (TPSA) is 13.1 Å². The van der Waals surface area contributed by atoms with Gasteiger partial charge in [0.15, 0.2) is 0 Å². The lowest BCUT2D eigenvalue weighted by molar-refractivity contribution is 0.669. The van der Waals surface area contributed by atoms with Gasteiger partial charge in [-0.15, -0.1) is 0 Å². The molecule has 0 N–H and O–H groups in total. The zero-order chi connectivity index (χ0) is 16.1. The van der Waals surface area contributed by atoms with Crippen molar-refractivity contribution in [3.05, 3.63) is 83.3 Å². The molecule has 0 radical (unpaired) electrons. The maximum atomic E-state index is 6.07. The second-order valence-corrected chi connectivity index (χ2v) is 6.93. The zero-order valence-electron chi connectivity index (χ0n) is 12.8. The fourth-order valence-electron chi connectivity index (χ4n) is 3.31. The fourth-order valence-corrected chi connectivity index (χ4v) is 3.71. The molecule has 1 heterocycles. The van der Waals surface area contributed by atoms with E-state index < -0.39 is 0 Å². The highest BCUT2D eigenvalue weighted by Gasteiger charge is 2.10. The van der Waals surface area contributed by atoms with E-state index in [9.17, 15) is 0 Å². The van der Waals surface area contributed by atoms with Gasteiger partial charge in [0.05, 0.1) is 0 Å². The smallest absolute Gasteiger partial charge is 0.136 e. The van der Waals surface area contributed by atoms with E-state index >= 15 is 0 Å². The van der Waals surface area contributed by atoms with Crippen molar-refractivity contribution in [2.24, 2.45) is 0 Å². The van der Waals surface area contributed by atoms with Gasteiger partial charge in [-0.2, -0.15) is 0 Å². The van der Waals surface area contributed by atoms with Crippen LogP contribution in [0.25, 0.3) is 43.8 Å². The normalized spacial score (nSPS) is 11.5. The highest BCUT2D eigenvalue weighted by Crippen LogP contribution is 2.35. The summed E-state index contributed by atoms with van der Waals surface area (Å²) in [4.78, 5) is 0. The number of fused-ring (bicyclic) bond motifs is 4. The molecule has 0 saturated carbocycles. The van der Waals surface area contributed by atoms with Gasteiger partial charge in [0.25, 0.3) is 0 Å². The van der Waals surface area contributed by atoms with E-state index in [1.54, 1.807) is 0 Å². The third-order valence-corrected chi connectivity index (χ3v) is 4.99. The Bertz CT molecular complexity index is 1220. The summed E-state index contributed by atoms with van der Waals surface area (Å²) in [5.41, 5.74) is 4.26. The molecule has 1 aromatic heterocycles. The summed E-state index contributed by atoms with van der Waals surface area (Å²) in [7, 11) is 0.